The Labute approximate surface area is 142 Å². The van der Waals surface area contributed by atoms with Crippen LogP contribution in [0, 0.1) is 0 Å². The molecule has 0 bridgehead atoms. The third kappa shape index (κ3) is 8.30. The highest BCUT2D eigenvalue weighted by Gasteiger charge is 2.10. The topological polar surface area (TPSA) is 105 Å². The lowest BCUT2D eigenvalue weighted by molar-refractivity contribution is -0.127. The van der Waals surface area contributed by atoms with Crippen LogP contribution in [-0.4, -0.2) is 61.3 Å². The average molecular weight is 339 g/mol. The van der Waals surface area contributed by atoms with Gasteiger partial charge in [0.1, 0.15) is 11.8 Å². The molecule has 0 aliphatic rings. The number of rotatable bonds is 7. The van der Waals surface area contributed by atoms with Crippen LogP contribution in [0.25, 0.3) is 11.2 Å². The predicted octanol–water partition coefficient (Wildman–Crippen LogP) is 0.936. The Bertz CT molecular complexity index is 589. The third-order valence-corrected chi connectivity index (χ3v) is 3.06. The molecule has 0 aliphatic carbocycles. The van der Waals surface area contributed by atoms with Gasteiger partial charge in [-0.25, -0.2) is 15.0 Å². The molecule has 0 aromatic carbocycles. The fourth-order valence-corrected chi connectivity index (χ4v) is 1.93. The number of fused-ring (bicyclic) bond motifs is 1. The second-order valence-electron chi connectivity index (χ2n) is 6.37. The summed E-state index contributed by atoms with van der Waals surface area (Å²) in [6.45, 7) is 8.56. The summed E-state index contributed by atoms with van der Waals surface area (Å²) in [6, 6.07) is 0.472. The lowest BCUT2D eigenvalue weighted by Crippen LogP contribution is -2.33. The fourth-order valence-electron chi connectivity index (χ4n) is 1.93. The standard InChI is InChI=1S/C13H21N5O.C3H8O2/c1-10(2)15-6-11(19-3)4-5-18-9-17-12-7-14-8-16-13(12)18;1-3(2,4)5/h7-11,15H,4-6H2,1-3H3;4-5H,1-2H3. The van der Waals surface area contributed by atoms with E-state index in [2.05, 4.69) is 34.1 Å². The Balaban J connectivity index is 0.000000505. The Hall–Kier alpha value is -1.61. The largest absolute Gasteiger partial charge is 0.380 e. The maximum absolute atomic E-state index is 8.08. The molecule has 136 valence electrons. The molecule has 2 aromatic heterocycles. The van der Waals surface area contributed by atoms with Crippen molar-refractivity contribution in [2.75, 3.05) is 13.7 Å². The van der Waals surface area contributed by atoms with Crippen molar-refractivity contribution < 1.29 is 14.9 Å². The Morgan fingerprint density at radius 3 is 2.54 bits per heavy atom. The second kappa shape index (κ2) is 9.63. The normalized spacial score (nSPS) is 13.0. The molecule has 0 radical (unpaired) electrons. The van der Waals surface area contributed by atoms with Crippen LogP contribution in [0.2, 0.25) is 0 Å². The van der Waals surface area contributed by atoms with Crippen molar-refractivity contribution in [1.29, 1.82) is 0 Å². The van der Waals surface area contributed by atoms with E-state index < -0.39 is 5.79 Å². The van der Waals surface area contributed by atoms with Gasteiger partial charge in [-0.2, -0.15) is 0 Å². The van der Waals surface area contributed by atoms with E-state index in [0.29, 0.717) is 6.04 Å². The van der Waals surface area contributed by atoms with E-state index in [1.807, 2.05) is 10.9 Å². The molecule has 3 N–H and O–H groups in total. The minimum absolute atomic E-state index is 0.196. The zero-order valence-corrected chi connectivity index (χ0v) is 15.1. The minimum atomic E-state index is -1.50. The summed E-state index contributed by atoms with van der Waals surface area (Å²) in [6.07, 6.45) is 6.21. The zero-order valence-electron chi connectivity index (χ0n) is 15.1. The first-order chi connectivity index (χ1) is 11.2. The van der Waals surface area contributed by atoms with Gasteiger partial charge in [-0.1, -0.05) is 13.8 Å². The molecule has 0 amide bonds. The summed E-state index contributed by atoms with van der Waals surface area (Å²) in [5.41, 5.74) is 1.71. The molecule has 8 nitrogen and oxygen atoms in total. The molecule has 0 saturated carbocycles. The molecule has 2 heterocycles. The lowest BCUT2D eigenvalue weighted by atomic mass is 10.2. The molecule has 24 heavy (non-hydrogen) atoms. The van der Waals surface area contributed by atoms with Gasteiger partial charge >= 0.3 is 0 Å². The SMILES string of the molecule is CC(C)(O)O.COC(CCn1cnc2cncnc21)CNC(C)C. The van der Waals surface area contributed by atoms with E-state index in [-0.39, 0.29) is 6.10 Å². The monoisotopic (exact) mass is 339 g/mol. The van der Waals surface area contributed by atoms with Crippen molar-refractivity contribution in [3.63, 3.8) is 0 Å². The number of aryl methyl sites for hydroxylation is 1. The molecule has 0 spiro atoms. The quantitative estimate of drug-likeness (QED) is 0.645. The number of methoxy groups -OCH3 is 1. The van der Waals surface area contributed by atoms with E-state index in [0.717, 1.165) is 30.7 Å². The number of imidazole rings is 1. The Morgan fingerprint density at radius 1 is 1.29 bits per heavy atom. The molecular weight excluding hydrogens is 310 g/mol. The van der Waals surface area contributed by atoms with Crippen LogP contribution in [0.4, 0.5) is 0 Å². The minimum Gasteiger partial charge on any atom is -0.380 e. The number of ether oxygens (including phenoxy) is 1. The van der Waals surface area contributed by atoms with E-state index in [1.54, 1.807) is 19.6 Å². The number of nitrogens with zero attached hydrogens (tertiary/aromatic N) is 4. The maximum Gasteiger partial charge on any atom is 0.163 e. The van der Waals surface area contributed by atoms with Crippen LogP contribution >= 0.6 is 0 Å². The first-order valence-electron chi connectivity index (χ1n) is 8.02. The molecule has 1 unspecified atom stereocenters. The van der Waals surface area contributed by atoms with Gasteiger partial charge in [-0.05, 0) is 20.3 Å². The van der Waals surface area contributed by atoms with Crippen LogP contribution in [0.15, 0.2) is 18.9 Å². The van der Waals surface area contributed by atoms with Crippen molar-refractivity contribution in [3.8, 4) is 0 Å². The summed E-state index contributed by atoms with van der Waals surface area (Å²) in [7, 11) is 1.75. The van der Waals surface area contributed by atoms with E-state index in [4.69, 9.17) is 14.9 Å². The molecule has 0 fully saturated rings. The van der Waals surface area contributed by atoms with Gasteiger partial charge in [0.15, 0.2) is 11.4 Å². The number of hydrogen-bond acceptors (Lipinski definition) is 7. The molecule has 8 heteroatoms. The number of aliphatic hydroxyl groups is 2. The van der Waals surface area contributed by atoms with E-state index in [9.17, 15) is 0 Å². The van der Waals surface area contributed by atoms with Crippen molar-refractivity contribution in [1.82, 2.24) is 24.8 Å². The number of aromatic nitrogens is 4. The first-order valence-corrected chi connectivity index (χ1v) is 8.02. The zero-order chi connectivity index (χ0) is 18.2. The predicted molar refractivity (Wildman–Crippen MR) is 92.4 cm³/mol. The summed E-state index contributed by atoms with van der Waals surface area (Å²) >= 11 is 0. The Kier molecular flexibility index (Phi) is 8.20. The van der Waals surface area contributed by atoms with Gasteiger partial charge in [0.2, 0.25) is 0 Å². The summed E-state index contributed by atoms with van der Waals surface area (Å²) in [5, 5.41) is 19.5. The van der Waals surface area contributed by atoms with Crippen molar-refractivity contribution in [3.05, 3.63) is 18.9 Å². The van der Waals surface area contributed by atoms with Crippen LogP contribution in [0.3, 0.4) is 0 Å². The van der Waals surface area contributed by atoms with Gasteiger partial charge in [0.05, 0.1) is 18.6 Å². The molecule has 1 atom stereocenters. The van der Waals surface area contributed by atoms with Crippen molar-refractivity contribution >= 4 is 11.2 Å². The molecular formula is C16H29N5O3. The van der Waals surface area contributed by atoms with Crippen LogP contribution in [0.5, 0.6) is 0 Å². The Morgan fingerprint density at radius 2 is 1.96 bits per heavy atom. The highest BCUT2D eigenvalue weighted by Crippen LogP contribution is 2.09. The van der Waals surface area contributed by atoms with Gasteiger partial charge < -0.3 is 24.8 Å². The smallest absolute Gasteiger partial charge is 0.163 e. The van der Waals surface area contributed by atoms with Crippen LogP contribution in [0.1, 0.15) is 34.1 Å². The van der Waals surface area contributed by atoms with Crippen LogP contribution in [-0.2, 0) is 11.3 Å². The highest BCUT2D eigenvalue weighted by atomic mass is 16.5. The van der Waals surface area contributed by atoms with E-state index in [1.165, 1.54) is 13.8 Å². The summed E-state index contributed by atoms with van der Waals surface area (Å²) < 4.78 is 7.52. The van der Waals surface area contributed by atoms with Crippen LogP contribution < -0.4 is 5.32 Å². The van der Waals surface area contributed by atoms with Crippen molar-refractivity contribution in [2.24, 2.45) is 0 Å². The highest BCUT2D eigenvalue weighted by molar-refractivity contribution is 5.68. The second-order valence-corrected chi connectivity index (χ2v) is 6.37. The average Bonchev–Trinajstić information content (AvgIpc) is 2.89. The van der Waals surface area contributed by atoms with Gasteiger partial charge in [0, 0.05) is 26.2 Å². The molecule has 0 saturated heterocycles. The molecule has 2 rings (SSSR count). The van der Waals surface area contributed by atoms with Crippen molar-refractivity contribution in [2.45, 2.75) is 58.6 Å². The number of nitrogens with one attached hydrogen (secondary N) is 1. The lowest BCUT2D eigenvalue weighted by Gasteiger charge is -2.18. The molecule has 2 aromatic rings. The van der Waals surface area contributed by atoms with Gasteiger partial charge in [-0.3, -0.25) is 0 Å². The number of hydrogen-bond donors (Lipinski definition) is 3. The maximum atomic E-state index is 8.08. The fraction of sp³-hybridized carbons (Fsp3) is 0.688. The van der Waals surface area contributed by atoms with Gasteiger partial charge in [0.25, 0.3) is 0 Å². The first kappa shape index (κ1) is 20.4. The third-order valence-electron chi connectivity index (χ3n) is 3.06. The summed E-state index contributed by atoms with van der Waals surface area (Å²) in [5.74, 6) is -1.50. The van der Waals surface area contributed by atoms with E-state index >= 15 is 0 Å². The summed E-state index contributed by atoms with van der Waals surface area (Å²) in [4.78, 5) is 12.5. The molecule has 0 aliphatic heterocycles. The van der Waals surface area contributed by atoms with Gasteiger partial charge in [-0.15, -0.1) is 0 Å².